The summed E-state index contributed by atoms with van der Waals surface area (Å²) < 4.78 is 11.9. The van der Waals surface area contributed by atoms with Gasteiger partial charge in [-0.1, -0.05) is 18.2 Å². The minimum atomic E-state index is -1.78. The largest absolute Gasteiger partial charge is 0.479 e. The van der Waals surface area contributed by atoms with E-state index in [4.69, 9.17) is 14.6 Å². The molecule has 0 saturated carbocycles. The molecule has 0 spiro atoms. The van der Waals surface area contributed by atoms with Gasteiger partial charge < -0.3 is 29.9 Å². The average molecular weight is 377 g/mol. The van der Waals surface area contributed by atoms with Crippen LogP contribution >= 0.6 is 0 Å². The maximum Gasteiger partial charge on any atom is 0.335 e. The van der Waals surface area contributed by atoms with Crippen LogP contribution in [0.3, 0.4) is 0 Å². The lowest BCUT2D eigenvalue weighted by Crippen LogP contribution is -2.60. The van der Waals surface area contributed by atoms with E-state index in [-0.39, 0.29) is 12.2 Å². The fourth-order valence-electron chi connectivity index (χ4n) is 2.77. The molecular weight excluding hydrogens is 358 g/mol. The van der Waals surface area contributed by atoms with Crippen molar-refractivity contribution >= 4 is 5.97 Å². The van der Waals surface area contributed by atoms with Crippen LogP contribution in [0.25, 0.3) is 5.69 Å². The predicted octanol–water partition coefficient (Wildman–Crippen LogP) is -0.754. The lowest BCUT2D eigenvalue weighted by Gasteiger charge is -2.38. The number of aliphatic hydroxyl groups is 3. The van der Waals surface area contributed by atoms with E-state index >= 15 is 0 Å². The van der Waals surface area contributed by atoms with E-state index in [1.54, 1.807) is 30.5 Å². The molecular formula is C18H19NO8. The number of ether oxygens (including phenoxy) is 2. The lowest BCUT2D eigenvalue weighted by atomic mass is 9.99. The average Bonchev–Trinajstić information content (AvgIpc) is 2.67. The van der Waals surface area contributed by atoms with Crippen LogP contribution in [0.5, 0.6) is 0 Å². The van der Waals surface area contributed by atoms with Crippen LogP contribution in [-0.4, -0.2) is 61.7 Å². The van der Waals surface area contributed by atoms with Gasteiger partial charge in [0.25, 0.3) is 5.56 Å². The third kappa shape index (κ3) is 4.07. The van der Waals surface area contributed by atoms with E-state index in [2.05, 4.69) is 0 Å². The number of aliphatic carboxylic acids is 1. The molecule has 1 fully saturated rings. The highest BCUT2D eigenvalue weighted by molar-refractivity contribution is 5.73. The van der Waals surface area contributed by atoms with Gasteiger partial charge in [-0.2, -0.15) is 0 Å². The fraction of sp³-hybridized carbons (Fsp3) is 0.333. The van der Waals surface area contributed by atoms with Crippen LogP contribution in [0, 0.1) is 0 Å². The highest BCUT2D eigenvalue weighted by Gasteiger charge is 2.47. The third-order valence-electron chi connectivity index (χ3n) is 4.23. The van der Waals surface area contributed by atoms with Gasteiger partial charge in [0.2, 0.25) is 0 Å². The first kappa shape index (κ1) is 19.2. The molecule has 1 aliphatic heterocycles. The zero-order chi connectivity index (χ0) is 19.6. The molecule has 27 heavy (non-hydrogen) atoms. The standard InChI is InChI=1S/C18H19NO8/c20-12-7-6-10(8-19(12)11-4-2-1-3-5-11)9-26-18-15(23)13(21)14(22)16(27-18)17(24)25/h1-8,13-16,18,21-23H,9H2,(H,24,25)/t13-,14-,15+,16-,18?/m0/s1. The number of carbonyl (C=O) groups is 1. The number of hydrogen-bond donors (Lipinski definition) is 4. The van der Waals surface area contributed by atoms with Crippen molar-refractivity contribution < 1.29 is 34.7 Å². The molecule has 5 atom stereocenters. The Kier molecular flexibility index (Phi) is 5.68. The molecule has 9 nitrogen and oxygen atoms in total. The molecule has 1 unspecified atom stereocenters. The van der Waals surface area contributed by atoms with Gasteiger partial charge in [0.05, 0.1) is 6.61 Å². The van der Waals surface area contributed by atoms with Gasteiger partial charge in [-0.25, -0.2) is 4.79 Å². The maximum atomic E-state index is 12.1. The van der Waals surface area contributed by atoms with Gasteiger partial charge in [0.15, 0.2) is 12.4 Å². The summed E-state index contributed by atoms with van der Waals surface area (Å²) in [7, 11) is 0. The Morgan fingerprint density at radius 1 is 1.04 bits per heavy atom. The molecule has 0 amide bonds. The molecule has 9 heteroatoms. The quantitative estimate of drug-likeness (QED) is 0.534. The molecule has 144 valence electrons. The molecule has 0 radical (unpaired) electrons. The van der Waals surface area contributed by atoms with Crippen LogP contribution in [-0.2, 0) is 20.9 Å². The second kappa shape index (κ2) is 7.99. The third-order valence-corrected chi connectivity index (χ3v) is 4.23. The molecule has 1 aromatic heterocycles. The number of hydrogen-bond acceptors (Lipinski definition) is 7. The number of carboxylic acid groups (broad SMARTS) is 1. The van der Waals surface area contributed by atoms with E-state index in [0.717, 1.165) is 0 Å². The van der Waals surface area contributed by atoms with E-state index in [9.17, 15) is 24.9 Å². The van der Waals surface area contributed by atoms with E-state index < -0.39 is 36.7 Å². The van der Waals surface area contributed by atoms with Crippen molar-refractivity contribution in [3.05, 3.63) is 64.6 Å². The Morgan fingerprint density at radius 3 is 2.41 bits per heavy atom. The van der Waals surface area contributed by atoms with Crippen molar-refractivity contribution in [2.24, 2.45) is 0 Å². The van der Waals surface area contributed by atoms with E-state index in [1.807, 2.05) is 6.07 Å². The Morgan fingerprint density at radius 2 is 1.74 bits per heavy atom. The number of benzene rings is 1. The predicted molar refractivity (Wildman–Crippen MR) is 91.1 cm³/mol. The van der Waals surface area contributed by atoms with Gasteiger partial charge >= 0.3 is 5.97 Å². The first-order valence-corrected chi connectivity index (χ1v) is 8.19. The second-order valence-electron chi connectivity index (χ2n) is 6.13. The monoisotopic (exact) mass is 377 g/mol. The number of nitrogens with zero attached hydrogens (tertiary/aromatic N) is 1. The van der Waals surface area contributed by atoms with Gasteiger partial charge in [0.1, 0.15) is 18.3 Å². The highest BCUT2D eigenvalue weighted by atomic mass is 16.7. The molecule has 3 rings (SSSR count). The summed E-state index contributed by atoms with van der Waals surface area (Å²) in [5, 5.41) is 38.4. The summed E-state index contributed by atoms with van der Waals surface area (Å²) in [6, 6.07) is 11.8. The smallest absolute Gasteiger partial charge is 0.335 e. The molecule has 1 saturated heterocycles. The molecule has 0 bridgehead atoms. The molecule has 2 heterocycles. The van der Waals surface area contributed by atoms with Gasteiger partial charge in [-0.05, 0) is 23.8 Å². The van der Waals surface area contributed by atoms with Gasteiger partial charge in [0, 0.05) is 18.0 Å². The van der Waals surface area contributed by atoms with Gasteiger partial charge in [-0.15, -0.1) is 0 Å². The minimum Gasteiger partial charge on any atom is -0.479 e. The first-order valence-electron chi connectivity index (χ1n) is 8.19. The SMILES string of the molecule is O=C(O)[C@H]1OC(OCc2ccc(=O)n(-c3ccccc3)c2)[C@H](O)[C@@H](O)[C@@H]1O. The molecule has 0 aliphatic carbocycles. The summed E-state index contributed by atoms with van der Waals surface area (Å²) in [5.74, 6) is -1.49. The molecule has 2 aromatic rings. The first-order chi connectivity index (χ1) is 12.9. The normalized spacial score (nSPS) is 28.0. The zero-order valence-corrected chi connectivity index (χ0v) is 14.1. The number of rotatable bonds is 5. The van der Waals surface area contributed by atoms with Crippen molar-refractivity contribution in [3.8, 4) is 5.69 Å². The van der Waals surface area contributed by atoms with Crippen LogP contribution in [0.1, 0.15) is 5.56 Å². The number of carboxylic acids is 1. The van der Waals surface area contributed by atoms with Gasteiger partial charge in [-0.3, -0.25) is 9.36 Å². The maximum absolute atomic E-state index is 12.1. The van der Waals surface area contributed by atoms with Crippen molar-refractivity contribution in [2.45, 2.75) is 37.3 Å². The number of aromatic nitrogens is 1. The summed E-state index contributed by atoms with van der Waals surface area (Å²) in [6.45, 7) is -0.121. The van der Waals surface area contributed by atoms with Crippen LogP contribution in [0.2, 0.25) is 0 Å². The highest BCUT2D eigenvalue weighted by Crippen LogP contribution is 2.23. The Bertz CT molecular complexity index is 852. The Labute approximate surface area is 153 Å². The second-order valence-corrected chi connectivity index (χ2v) is 6.13. The van der Waals surface area contributed by atoms with Crippen molar-refractivity contribution in [1.29, 1.82) is 0 Å². The van der Waals surface area contributed by atoms with Crippen molar-refractivity contribution in [2.75, 3.05) is 0 Å². The lowest BCUT2D eigenvalue weighted by molar-refractivity contribution is -0.297. The number of para-hydroxylation sites is 1. The Hall–Kier alpha value is -2.56. The van der Waals surface area contributed by atoms with Crippen molar-refractivity contribution in [1.82, 2.24) is 4.57 Å². The van der Waals surface area contributed by atoms with Crippen LogP contribution in [0.4, 0.5) is 0 Å². The summed E-state index contributed by atoms with van der Waals surface area (Å²) >= 11 is 0. The molecule has 1 aromatic carbocycles. The molecule has 1 aliphatic rings. The van der Waals surface area contributed by atoms with E-state index in [0.29, 0.717) is 11.3 Å². The van der Waals surface area contributed by atoms with E-state index in [1.165, 1.54) is 16.7 Å². The summed E-state index contributed by atoms with van der Waals surface area (Å²) in [4.78, 5) is 23.2. The summed E-state index contributed by atoms with van der Waals surface area (Å²) in [5.41, 5.74) is 0.966. The Balaban J connectivity index is 1.75. The van der Waals surface area contributed by atoms with Crippen LogP contribution < -0.4 is 5.56 Å². The van der Waals surface area contributed by atoms with Crippen molar-refractivity contribution in [3.63, 3.8) is 0 Å². The summed E-state index contributed by atoms with van der Waals surface area (Å²) in [6.07, 6.45) is -6.78. The molecule has 4 N–H and O–H groups in total. The number of pyridine rings is 1. The minimum absolute atomic E-state index is 0.121. The fourth-order valence-corrected chi connectivity index (χ4v) is 2.77. The topological polar surface area (TPSA) is 138 Å². The number of aliphatic hydroxyl groups excluding tert-OH is 3. The zero-order valence-electron chi connectivity index (χ0n) is 14.1. The van der Waals surface area contributed by atoms with Crippen LogP contribution in [0.15, 0.2) is 53.5 Å².